The summed E-state index contributed by atoms with van der Waals surface area (Å²) in [6.45, 7) is 0. The highest BCUT2D eigenvalue weighted by molar-refractivity contribution is 6.27. The quantitative estimate of drug-likeness (QED) is 0.732. The Hall–Kier alpha value is -2.32. The van der Waals surface area contributed by atoms with Crippen molar-refractivity contribution in [3.63, 3.8) is 0 Å². The summed E-state index contributed by atoms with van der Waals surface area (Å²) in [5, 5.41) is 9.79. The summed E-state index contributed by atoms with van der Waals surface area (Å²) in [6.07, 6.45) is -4.67. The monoisotopic (exact) mass is 351 g/mol. The van der Waals surface area contributed by atoms with E-state index in [1.165, 1.54) is 12.1 Å². The molecule has 2 rings (SSSR count). The molecule has 24 heavy (non-hydrogen) atoms. The van der Waals surface area contributed by atoms with Gasteiger partial charge in [-0.05, 0) is 23.3 Å². The molecule has 6 heteroatoms. The second-order valence-electron chi connectivity index (χ2n) is 5.31. The van der Waals surface area contributed by atoms with Crippen LogP contribution in [0.5, 0.6) is 0 Å². The predicted molar refractivity (Wildman–Crippen MR) is 84.6 cm³/mol. The van der Waals surface area contributed by atoms with Gasteiger partial charge in [0.15, 0.2) is 0 Å². The standard InChI is InChI=1S/C18H13ClF3NO/c19-11-16(24)10-17(12-23,13-4-2-1-3-5-13)14-6-8-15(9-7-14)18(20,21)22/h1-9H,10-11H2. The Balaban J connectivity index is 2.58. The first kappa shape index (κ1) is 18.0. The molecule has 2 aromatic carbocycles. The first-order valence-electron chi connectivity index (χ1n) is 7.05. The second kappa shape index (κ2) is 7.06. The van der Waals surface area contributed by atoms with E-state index in [0.29, 0.717) is 11.1 Å². The zero-order valence-corrected chi connectivity index (χ0v) is 13.2. The molecule has 0 N–H and O–H groups in total. The van der Waals surface area contributed by atoms with Crippen molar-refractivity contribution in [2.24, 2.45) is 0 Å². The summed E-state index contributed by atoms with van der Waals surface area (Å²) in [5.74, 6) is -0.626. The van der Waals surface area contributed by atoms with Crippen LogP contribution in [0, 0.1) is 11.3 Å². The Morgan fingerprint density at radius 2 is 1.46 bits per heavy atom. The normalized spacial score (nSPS) is 13.8. The molecular formula is C18H13ClF3NO. The number of nitrogens with zero attached hydrogens (tertiary/aromatic N) is 1. The van der Waals surface area contributed by atoms with Crippen LogP contribution in [0.25, 0.3) is 0 Å². The second-order valence-corrected chi connectivity index (χ2v) is 5.57. The zero-order chi connectivity index (χ0) is 17.8. The molecule has 2 aromatic rings. The molecule has 0 bridgehead atoms. The smallest absolute Gasteiger partial charge is 0.298 e. The molecule has 124 valence electrons. The van der Waals surface area contributed by atoms with Crippen LogP contribution in [0.1, 0.15) is 23.1 Å². The van der Waals surface area contributed by atoms with Crippen molar-refractivity contribution in [1.82, 2.24) is 0 Å². The average molecular weight is 352 g/mol. The summed E-state index contributed by atoms with van der Waals surface area (Å²) in [7, 11) is 0. The van der Waals surface area contributed by atoms with Gasteiger partial charge in [-0.1, -0.05) is 42.5 Å². The highest BCUT2D eigenvalue weighted by Gasteiger charge is 2.38. The zero-order valence-electron chi connectivity index (χ0n) is 12.5. The van der Waals surface area contributed by atoms with E-state index < -0.39 is 17.2 Å². The topological polar surface area (TPSA) is 40.9 Å². The molecule has 1 unspecified atom stereocenters. The number of carbonyl (C=O) groups excluding carboxylic acids is 1. The van der Waals surface area contributed by atoms with Crippen LogP contribution in [0.2, 0.25) is 0 Å². The van der Waals surface area contributed by atoms with Crippen molar-refractivity contribution in [3.05, 3.63) is 71.3 Å². The van der Waals surface area contributed by atoms with Crippen molar-refractivity contribution in [1.29, 1.82) is 5.26 Å². The number of nitriles is 1. The van der Waals surface area contributed by atoms with E-state index in [-0.39, 0.29) is 18.1 Å². The fourth-order valence-electron chi connectivity index (χ4n) is 2.55. The van der Waals surface area contributed by atoms with E-state index in [0.717, 1.165) is 12.1 Å². The van der Waals surface area contributed by atoms with Crippen LogP contribution < -0.4 is 0 Å². The fraction of sp³-hybridized carbons (Fsp3) is 0.222. The molecule has 0 aliphatic heterocycles. The summed E-state index contributed by atoms with van der Waals surface area (Å²) < 4.78 is 38.2. The summed E-state index contributed by atoms with van der Waals surface area (Å²) >= 11 is 5.57. The number of rotatable bonds is 5. The van der Waals surface area contributed by atoms with Gasteiger partial charge in [-0.15, -0.1) is 11.6 Å². The molecule has 0 aromatic heterocycles. The van der Waals surface area contributed by atoms with Crippen LogP contribution in [-0.2, 0) is 16.4 Å². The van der Waals surface area contributed by atoms with Crippen molar-refractivity contribution in [2.45, 2.75) is 18.0 Å². The van der Waals surface area contributed by atoms with Gasteiger partial charge < -0.3 is 0 Å². The van der Waals surface area contributed by atoms with Crippen LogP contribution in [0.15, 0.2) is 54.6 Å². The highest BCUT2D eigenvalue weighted by atomic mass is 35.5. The van der Waals surface area contributed by atoms with E-state index in [2.05, 4.69) is 6.07 Å². The highest BCUT2D eigenvalue weighted by Crippen LogP contribution is 2.37. The summed E-state index contributed by atoms with van der Waals surface area (Å²) in [6, 6.07) is 14.9. The molecular weight excluding hydrogens is 339 g/mol. The Morgan fingerprint density at radius 1 is 0.958 bits per heavy atom. The maximum atomic E-state index is 12.7. The SMILES string of the molecule is N#CC(CC(=O)CCl)(c1ccccc1)c1ccc(C(F)(F)F)cc1. The molecule has 2 nitrogen and oxygen atoms in total. The Bertz CT molecular complexity index is 751. The minimum absolute atomic E-state index is 0.206. The first-order chi connectivity index (χ1) is 11.3. The average Bonchev–Trinajstić information content (AvgIpc) is 2.59. The first-order valence-corrected chi connectivity index (χ1v) is 7.59. The molecule has 0 amide bonds. The molecule has 0 fully saturated rings. The van der Waals surface area contributed by atoms with Gasteiger partial charge in [0.1, 0.15) is 11.2 Å². The van der Waals surface area contributed by atoms with Crippen molar-refractivity contribution >= 4 is 17.4 Å². The fourth-order valence-corrected chi connectivity index (χ4v) is 2.64. The van der Waals surface area contributed by atoms with Gasteiger partial charge in [0.05, 0.1) is 17.5 Å². The van der Waals surface area contributed by atoms with Crippen LogP contribution in [0.3, 0.4) is 0 Å². The number of alkyl halides is 4. The lowest BCUT2D eigenvalue weighted by atomic mass is 9.72. The molecule has 0 radical (unpaired) electrons. The van der Waals surface area contributed by atoms with Gasteiger partial charge in [0, 0.05) is 6.42 Å². The molecule has 0 saturated carbocycles. The van der Waals surface area contributed by atoms with Crippen molar-refractivity contribution in [3.8, 4) is 6.07 Å². The predicted octanol–water partition coefficient (Wildman–Crippen LogP) is 4.71. The van der Waals surface area contributed by atoms with Gasteiger partial charge in [-0.3, -0.25) is 4.79 Å². The van der Waals surface area contributed by atoms with Crippen molar-refractivity contribution in [2.75, 3.05) is 5.88 Å². The number of hydrogen-bond acceptors (Lipinski definition) is 2. The van der Waals surface area contributed by atoms with Gasteiger partial charge in [0.25, 0.3) is 0 Å². The van der Waals surface area contributed by atoms with Crippen LogP contribution in [0.4, 0.5) is 13.2 Å². The molecule has 0 heterocycles. The number of carbonyl (C=O) groups is 1. The van der Waals surface area contributed by atoms with Gasteiger partial charge in [-0.2, -0.15) is 18.4 Å². The molecule has 0 aliphatic rings. The minimum atomic E-state index is -4.47. The largest absolute Gasteiger partial charge is 0.416 e. The van der Waals surface area contributed by atoms with Crippen molar-refractivity contribution < 1.29 is 18.0 Å². The Labute approximate surface area is 142 Å². The Morgan fingerprint density at radius 3 is 1.92 bits per heavy atom. The molecule has 1 atom stereocenters. The third kappa shape index (κ3) is 3.60. The van der Waals surface area contributed by atoms with Gasteiger partial charge in [-0.25, -0.2) is 0 Å². The van der Waals surface area contributed by atoms with E-state index in [1.807, 2.05) is 0 Å². The number of Topliss-reactive ketones (excluding diaryl/α,β-unsaturated/α-hetero) is 1. The summed E-state index contributed by atoms with van der Waals surface area (Å²) in [5.41, 5.74) is -1.33. The minimum Gasteiger partial charge on any atom is -0.298 e. The van der Waals surface area contributed by atoms with E-state index in [4.69, 9.17) is 11.6 Å². The number of hydrogen-bond donors (Lipinski definition) is 0. The third-order valence-electron chi connectivity index (χ3n) is 3.77. The maximum Gasteiger partial charge on any atom is 0.416 e. The number of ketones is 1. The maximum absolute atomic E-state index is 12.7. The number of halogens is 4. The lowest BCUT2D eigenvalue weighted by Crippen LogP contribution is -2.30. The van der Waals surface area contributed by atoms with Crippen LogP contribution >= 0.6 is 11.6 Å². The number of benzene rings is 2. The Kier molecular flexibility index (Phi) is 5.30. The lowest BCUT2D eigenvalue weighted by Gasteiger charge is -2.27. The summed E-state index contributed by atoms with van der Waals surface area (Å²) in [4.78, 5) is 11.9. The van der Waals surface area contributed by atoms with Gasteiger partial charge in [0.2, 0.25) is 0 Å². The molecule has 0 spiro atoms. The third-order valence-corrected chi connectivity index (χ3v) is 4.07. The van der Waals surface area contributed by atoms with E-state index in [9.17, 15) is 23.2 Å². The van der Waals surface area contributed by atoms with E-state index in [1.54, 1.807) is 30.3 Å². The lowest BCUT2D eigenvalue weighted by molar-refractivity contribution is -0.137. The molecule has 0 saturated heterocycles. The van der Waals surface area contributed by atoms with Crippen LogP contribution in [-0.4, -0.2) is 11.7 Å². The van der Waals surface area contributed by atoms with Gasteiger partial charge >= 0.3 is 6.18 Å². The van der Waals surface area contributed by atoms with E-state index >= 15 is 0 Å². The molecule has 0 aliphatic carbocycles.